The maximum Gasteiger partial charge on any atom is 0.325 e. The fraction of sp³-hybridized carbons (Fsp3) is 0.550. The zero-order chi connectivity index (χ0) is 18.6. The second-order valence-corrected chi connectivity index (χ2v) is 7.47. The molecule has 3 rings (SSSR count). The van der Waals surface area contributed by atoms with Crippen LogP contribution in [-0.4, -0.2) is 29.9 Å². The molecule has 1 aromatic carbocycles. The molecule has 0 radical (unpaired) electrons. The highest BCUT2D eigenvalue weighted by Gasteiger charge is 2.95. The summed E-state index contributed by atoms with van der Waals surface area (Å²) < 4.78 is 10.7. The molecule has 2 aliphatic rings. The molecule has 0 spiro atoms. The largest absolute Gasteiger partial charge is 0.465 e. The molecule has 0 aromatic heterocycles. The van der Waals surface area contributed by atoms with Gasteiger partial charge >= 0.3 is 11.9 Å². The Morgan fingerprint density at radius 2 is 1.76 bits per heavy atom. The molecule has 1 saturated carbocycles. The predicted molar refractivity (Wildman–Crippen MR) is 91.0 cm³/mol. The van der Waals surface area contributed by atoms with Crippen molar-refractivity contribution in [3.8, 4) is 0 Å². The van der Waals surface area contributed by atoms with E-state index in [4.69, 9.17) is 9.47 Å². The van der Waals surface area contributed by atoms with Crippen LogP contribution in [0.2, 0.25) is 0 Å². The molecular weight excluding hydrogens is 320 g/mol. The van der Waals surface area contributed by atoms with Gasteiger partial charge in [0.2, 0.25) is 0 Å². The van der Waals surface area contributed by atoms with Gasteiger partial charge in [-0.2, -0.15) is 0 Å². The quantitative estimate of drug-likeness (QED) is 0.466. The Balaban J connectivity index is 2.14. The lowest BCUT2D eigenvalue weighted by atomic mass is 9.81. The molecule has 0 N–H and O–H groups in total. The van der Waals surface area contributed by atoms with Crippen molar-refractivity contribution in [1.82, 2.24) is 0 Å². The number of fused-ring (bicyclic) bond motifs is 1. The van der Waals surface area contributed by atoms with Crippen molar-refractivity contribution in [2.24, 2.45) is 16.7 Å². The molecule has 0 unspecified atom stereocenters. The van der Waals surface area contributed by atoms with Gasteiger partial charge in [0.25, 0.3) is 0 Å². The number of benzene rings is 1. The first kappa shape index (κ1) is 17.6. The fourth-order valence-electron chi connectivity index (χ4n) is 4.87. The first-order chi connectivity index (χ1) is 11.7. The molecule has 1 heterocycles. The van der Waals surface area contributed by atoms with Crippen LogP contribution in [0.1, 0.15) is 50.0 Å². The van der Waals surface area contributed by atoms with Crippen molar-refractivity contribution in [3.05, 3.63) is 35.4 Å². The highest BCUT2D eigenvalue weighted by atomic mass is 16.6. The lowest BCUT2D eigenvalue weighted by Crippen LogP contribution is -2.40. The number of hydrogen-bond donors (Lipinski definition) is 0. The Bertz CT molecular complexity index is 748. The third-order valence-electron chi connectivity index (χ3n) is 5.79. The number of carbonyl (C=O) groups excluding carboxylic acids is 3. The van der Waals surface area contributed by atoms with Crippen LogP contribution in [0.5, 0.6) is 0 Å². The second-order valence-electron chi connectivity index (χ2n) is 7.47. The third-order valence-corrected chi connectivity index (χ3v) is 5.79. The standard InChI is InChI=1S/C20H24O5/c1-6-19(14(21)13-10-8-12(3)9-11-13)15-18(4,5)25-17(23)20(15,19)16(22)24-7-2/h8-11,15H,6-7H2,1-5H3/t15-,19-,20+/m1/s1. The van der Waals surface area contributed by atoms with E-state index in [1.165, 1.54) is 0 Å². The van der Waals surface area contributed by atoms with Crippen molar-refractivity contribution in [1.29, 1.82) is 0 Å². The van der Waals surface area contributed by atoms with Gasteiger partial charge in [-0.25, -0.2) is 0 Å². The average molecular weight is 344 g/mol. The van der Waals surface area contributed by atoms with Gasteiger partial charge in [-0.15, -0.1) is 0 Å². The van der Waals surface area contributed by atoms with E-state index in [0.29, 0.717) is 12.0 Å². The molecule has 1 saturated heterocycles. The number of carbonyl (C=O) groups is 3. The number of hydrogen-bond acceptors (Lipinski definition) is 5. The maximum absolute atomic E-state index is 13.4. The zero-order valence-electron chi connectivity index (χ0n) is 15.3. The lowest BCUT2D eigenvalue weighted by Gasteiger charge is -2.28. The topological polar surface area (TPSA) is 69.7 Å². The molecule has 2 fully saturated rings. The van der Waals surface area contributed by atoms with Gasteiger partial charge in [0.05, 0.1) is 12.0 Å². The first-order valence-electron chi connectivity index (χ1n) is 8.72. The minimum Gasteiger partial charge on any atom is -0.465 e. The minimum absolute atomic E-state index is 0.152. The predicted octanol–water partition coefficient (Wildman–Crippen LogP) is 3.09. The van der Waals surface area contributed by atoms with Gasteiger partial charge in [0.1, 0.15) is 5.60 Å². The third kappa shape index (κ3) is 1.98. The Morgan fingerprint density at radius 3 is 2.28 bits per heavy atom. The summed E-state index contributed by atoms with van der Waals surface area (Å²) in [6, 6.07) is 7.21. The number of Topliss-reactive ketones (excluding diaryl/α,β-unsaturated/α-hetero) is 1. The Morgan fingerprint density at radius 1 is 1.16 bits per heavy atom. The van der Waals surface area contributed by atoms with Gasteiger partial charge in [0, 0.05) is 11.5 Å². The van der Waals surface area contributed by atoms with Crippen LogP contribution in [0.3, 0.4) is 0 Å². The molecule has 1 aliphatic heterocycles. The molecule has 3 atom stereocenters. The van der Waals surface area contributed by atoms with E-state index in [2.05, 4.69) is 0 Å². The van der Waals surface area contributed by atoms with E-state index in [9.17, 15) is 14.4 Å². The van der Waals surface area contributed by atoms with Crippen LogP contribution >= 0.6 is 0 Å². The summed E-state index contributed by atoms with van der Waals surface area (Å²) in [5, 5.41) is 0. The SMILES string of the molecule is CCOC(=O)[C@]12C(=O)OC(C)(C)[C@@H]1[C@@]2(CC)C(=O)c1ccc(C)cc1. The van der Waals surface area contributed by atoms with Gasteiger partial charge in [-0.3, -0.25) is 14.4 Å². The van der Waals surface area contributed by atoms with Crippen LogP contribution in [0.4, 0.5) is 0 Å². The maximum atomic E-state index is 13.4. The molecule has 1 aliphatic carbocycles. The van der Waals surface area contributed by atoms with Crippen LogP contribution < -0.4 is 0 Å². The van der Waals surface area contributed by atoms with Crippen molar-refractivity contribution in [2.75, 3.05) is 6.61 Å². The highest BCUT2D eigenvalue weighted by molar-refractivity contribution is 6.19. The average Bonchev–Trinajstić information content (AvgIpc) is 3.15. The molecule has 25 heavy (non-hydrogen) atoms. The lowest BCUT2D eigenvalue weighted by molar-refractivity contribution is -0.166. The Hall–Kier alpha value is -2.17. The number of ether oxygens (including phenoxy) is 2. The van der Waals surface area contributed by atoms with Gasteiger partial charge in [-0.1, -0.05) is 36.8 Å². The normalized spacial score (nSPS) is 31.9. The van der Waals surface area contributed by atoms with Crippen molar-refractivity contribution in [3.63, 3.8) is 0 Å². The van der Waals surface area contributed by atoms with Crippen LogP contribution in [0, 0.1) is 23.7 Å². The van der Waals surface area contributed by atoms with Gasteiger partial charge < -0.3 is 9.47 Å². The van der Waals surface area contributed by atoms with Crippen LogP contribution in [-0.2, 0) is 19.1 Å². The molecule has 1 aromatic rings. The summed E-state index contributed by atoms with van der Waals surface area (Å²) in [6.45, 7) is 9.14. The van der Waals surface area contributed by atoms with Crippen molar-refractivity contribution < 1.29 is 23.9 Å². The molecule has 134 valence electrons. The molecule has 5 nitrogen and oxygen atoms in total. The number of cyclic esters (lactones) is 1. The van der Waals surface area contributed by atoms with E-state index in [1.807, 2.05) is 26.0 Å². The monoisotopic (exact) mass is 344 g/mol. The van der Waals surface area contributed by atoms with E-state index in [1.54, 1.807) is 32.9 Å². The molecular formula is C20H24O5. The zero-order valence-corrected chi connectivity index (χ0v) is 15.3. The van der Waals surface area contributed by atoms with Crippen molar-refractivity contribution >= 4 is 17.7 Å². The van der Waals surface area contributed by atoms with Crippen LogP contribution in [0.25, 0.3) is 0 Å². The van der Waals surface area contributed by atoms with Crippen LogP contribution in [0.15, 0.2) is 24.3 Å². The summed E-state index contributed by atoms with van der Waals surface area (Å²) in [4.78, 5) is 39.0. The Kier molecular flexibility index (Phi) is 3.82. The number of esters is 2. The van der Waals surface area contributed by atoms with E-state index < -0.39 is 34.3 Å². The van der Waals surface area contributed by atoms with E-state index >= 15 is 0 Å². The minimum atomic E-state index is -1.52. The smallest absolute Gasteiger partial charge is 0.325 e. The number of rotatable bonds is 5. The second kappa shape index (κ2) is 5.41. The molecule has 0 amide bonds. The van der Waals surface area contributed by atoms with Crippen molar-refractivity contribution in [2.45, 2.75) is 46.6 Å². The fourth-order valence-corrected chi connectivity index (χ4v) is 4.87. The summed E-state index contributed by atoms with van der Waals surface area (Å²) in [6.07, 6.45) is 0.377. The summed E-state index contributed by atoms with van der Waals surface area (Å²) in [7, 11) is 0. The number of aryl methyl sites for hydroxylation is 1. The highest BCUT2D eigenvalue weighted by Crippen LogP contribution is 2.80. The summed E-state index contributed by atoms with van der Waals surface area (Å²) >= 11 is 0. The first-order valence-corrected chi connectivity index (χ1v) is 8.72. The van der Waals surface area contributed by atoms with E-state index in [0.717, 1.165) is 5.56 Å². The molecule has 0 bridgehead atoms. The summed E-state index contributed by atoms with van der Waals surface area (Å²) in [5.41, 5.74) is -1.97. The molecule has 5 heteroatoms. The summed E-state index contributed by atoms with van der Waals surface area (Å²) in [5.74, 6) is -1.98. The van der Waals surface area contributed by atoms with Gasteiger partial charge in [0.15, 0.2) is 11.2 Å². The Labute approximate surface area is 147 Å². The number of ketones is 1. The van der Waals surface area contributed by atoms with E-state index in [-0.39, 0.29) is 12.4 Å². The van der Waals surface area contributed by atoms with Gasteiger partial charge in [-0.05, 0) is 34.1 Å².